The second-order valence-corrected chi connectivity index (χ2v) is 7.13. The van der Waals surface area contributed by atoms with Gasteiger partial charge in [-0.1, -0.05) is 18.2 Å². The maximum absolute atomic E-state index is 12.1. The number of phenolic OH excluding ortho intramolecular Hbond substituents is 1. The van der Waals surface area contributed by atoms with Crippen molar-refractivity contribution in [1.29, 1.82) is 0 Å². The van der Waals surface area contributed by atoms with Gasteiger partial charge in [-0.05, 0) is 48.0 Å². The Bertz CT molecular complexity index is 932. The third-order valence-corrected chi connectivity index (χ3v) is 4.85. The monoisotopic (exact) mass is 375 g/mol. The molecule has 0 radical (unpaired) electrons. The molecule has 0 amide bonds. The van der Waals surface area contributed by atoms with Crippen molar-refractivity contribution in [3.05, 3.63) is 65.7 Å². The maximum Gasteiger partial charge on any atom is 0.304 e. The fraction of sp³-hybridized carbons (Fsp3) is 0.111. The van der Waals surface area contributed by atoms with E-state index in [-0.39, 0.29) is 29.4 Å². The third-order valence-electron chi connectivity index (χ3n) is 3.38. The maximum atomic E-state index is 12.1. The van der Waals surface area contributed by atoms with Crippen molar-refractivity contribution >= 4 is 27.9 Å². The molecule has 3 N–H and O–H groups in total. The zero-order valence-corrected chi connectivity index (χ0v) is 14.4. The van der Waals surface area contributed by atoms with E-state index >= 15 is 0 Å². The highest BCUT2D eigenvalue weighted by Gasteiger charge is 2.14. The molecule has 8 heteroatoms. The van der Waals surface area contributed by atoms with Gasteiger partial charge in [0.15, 0.2) is 5.78 Å². The highest BCUT2D eigenvalue weighted by Crippen LogP contribution is 2.14. The number of aromatic hydroxyl groups is 1. The molecular formula is C18H17NO6S. The van der Waals surface area contributed by atoms with Crippen LogP contribution >= 0.6 is 0 Å². The van der Waals surface area contributed by atoms with Crippen molar-refractivity contribution in [3.8, 4) is 5.75 Å². The number of carboxylic acids is 1. The molecule has 2 aromatic carbocycles. The summed E-state index contributed by atoms with van der Waals surface area (Å²) in [6.45, 7) is -0.217. The quantitative estimate of drug-likeness (QED) is 0.480. The van der Waals surface area contributed by atoms with Crippen molar-refractivity contribution in [2.45, 2.75) is 11.3 Å². The second-order valence-electron chi connectivity index (χ2n) is 5.36. The highest BCUT2D eigenvalue weighted by atomic mass is 32.2. The number of phenols is 1. The highest BCUT2D eigenvalue weighted by molar-refractivity contribution is 7.89. The molecule has 0 unspecified atom stereocenters. The van der Waals surface area contributed by atoms with Gasteiger partial charge >= 0.3 is 5.97 Å². The molecule has 0 aliphatic rings. The van der Waals surface area contributed by atoms with Gasteiger partial charge in [-0.3, -0.25) is 9.59 Å². The topological polar surface area (TPSA) is 121 Å². The zero-order valence-electron chi connectivity index (χ0n) is 13.6. The third kappa shape index (κ3) is 5.54. The number of benzene rings is 2. The molecule has 0 bridgehead atoms. The van der Waals surface area contributed by atoms with Crippen molar-refractivity contribution in [2.75, 3.05) is 6.54 Å². The van der Waals surface area contributed by atoms with Crippen LogP contribution in [-0.4, -0.2) is 36.9 Å². The number of aliphatic carboxylic acids is 1. The average Bonchev–Trinajstić information content (AvgIpc) is 2.59. The summed E-state index contributed by atoms with van der Waals surface area (Å²) in [5.74, 6) is -1.34. The average molecular weight is 375 g/mol. The smallest absolute Gasteiger partial charge is 0.304 e. The van der Waals surface area contributed by atoms with Gasteiger partial charge in [0.05, 0.1) is 11.3 Å². The molecule has 0 saturated heterocycles. The molecule has 0 aromatic heterocycles. The summed E-state index contributed by atoms with van der Waals surface area (Å²) in [5.41, 5.74) is 0.950. The first kappa shape index (κ1) is 19.4. The summed E-state index contributed by atoms with van der Waals surface area (Å²) in [4.78, 5) is 22.5. The second kappa shape index (κ2) is 8.41. The molecule has 2 aromatic rings. The molecule has 7 nitrogen and oxygen atoms in total. The lowest BCUT2D eigenvalue weighted by atomic mass is 10.1. The molecule has 2 rings (SSSR count). The van der Waals surface area contributed by atoms with Crippen LogP contribution in [0, 0.1) is 0 Å². The van der Waals surface area contributed by atoms with Crippen LogP contribution in [0.3, 0.4) is 0 Å². The molecule has 0 saturated carbocycles. The SMILES string of the molecule is O=C(O)CCNS(=O)(=O)c1ccc(C(=O)/C=C\c2cccc(O)c2)cc1. The van der Waals surface area contributed by atoms with Crippen molar-refractivity contribution in [2.24, 2.45) is 0 Å². The van der Waals surface area contributed by atoms with Crippen LogP contribution < -0.4 is 4.72 Å². The van der Waals surface area contributed by atoms with Crippen LogP contribution in [0.15, 0.2) is 59.5 Å². The lowest BCUT2D eigenvalue weighted by molar-refractivity contribution is -0.136. The number of rotatable bonds is 8. The van der Waals surface area contributed by atoms with E-state index in [2.05, 4.69) is 4.72 Å². The van der Waals surface area contributed by atoms with E-state index in [0.717, 1.165) is 0 Å². The number of nitrogens with one attached hydrogen (secondary N) is 1. The Labute approximate surface area is 150 Å². The van der Waals surface area contributed by atoms with Crippen molar-refractivity contribution in [1.82, 2.24) is 4.72 Å². The van der Waals surface area contributed by atoms with Crippen LogP contribution in [0.25, 0.3) is 6.08 Å². The van der Waals surface area contributed by atoms with Crippen LogP contribution in [0.2, 0.25) is 0 Å². The minimum atomic E-state index is -3.83. The van der Waals surface area contributed by atoms with E-state index in [1.54, 1.807) is 18.2 Å². The lowest BCUT2D eigenvalue weighted by Crippen LogP contribution is -2.26. The first-order valence-corrected chi connectivity index (χ1v) is 9.09. The first-order valence-electron chi connectivity index (χ1n) is 7.61. The normalized spacial score (nSPS) is 11.5. The van der Waals surface area contributed by atoms with Crippen LogP contribution in [-0.2, 0) is 14.8 Å². The van der Waals surface area contributed by atoms with Crippen LogP contribution in [0.5, 0.6) is 5.75 Å². The van der Waals surface area contributed by atoms with Gasteiger partial charge in [0, 0.05) is 12.1 Å². The van der Waals surface area contributed by atoms with Gasteiger partial charge in [-0.2, -0.15) is 0 Å². The Balaban J connectivity index is 2.06. The molecule has 0 spiro atoms. The van der Waals surface area contributed by atoms with Gasteiger partial charge in [-0.15, -0.1) is 0 Å². The zero-order chi connectivity index (χ0) is 19.2. The van der Waals surface area contributed by atoms with Crippen molar-refractivity contribution < 1.29 is 28.2 Å². The summed E-state index contributed by atoms with van der Waals surface area (Å²) in [7, 11) is -3.83. The summed E-state index contributed by atoms with van der Waals surface area (Å²) in [5, 5.41) is 17.9. The number of carboxylic acid groups (broad SMARTS) is 1. The number of carbonyl (C=O) groups excluding carboxylic acids is 1. The molecular weight excluding hydrogens is 358 g/mol. The molecule has 26 heavy (non-hydrogen) atoms. The molecule has 0 fully saturated rings. The minimum Gasteiger partial charge on any atom is -0.508 e. The van der Waals surface area contributed by atoms with Gasteiger partial charge in [0.1, 0.15) is 5.75 Å². The Morgan fingerprint density at radius 2 is 1.77 bits per heavy atom. The lowest BCUT2D eigenvalue weighted by Gasteiger charge is -2.06. The van der Waals surface area contributed by atoms with Crippen molar-refractivity contribution in [3.63, 3.8) is 0 Å². The van der Waals surface area contributed by atoms with E-state index < -0.39 is 16.0 Å². The van der Waals surface area contributed by atoms with Gasteiger partial charge < -0.3 is 10.2 Å². The predicted octanol–water partition coefficient (Wildman–Crippen LogP) is 2.04. The minimum absolute atomic E-state index is 0.0589. The molecule has 0 heterocycles. The number of hydrogen-bond acceptors (Lipinski definition) is 5. The predicted molar refractivity (Wildman–Crippen MR) is 95.4 cm³/mol. The number of ketones is 1. The Hall–Kier alpha value is -2.97. The van der Waals surface area contributed by atoms with Gasteiger partial charge in [0.25, 0.3) is 0 Å². The summed E-state index contributed by atoms with van der Waals surface area (Å²) in [6.07, 6.45) is 2.54. The Kier molecular flexibility index (Phi) is 6.26. The fourth-order valence-electron chi connectivity index (χ4n) is 2.07. The molecule has 136 valence electrons. The Morgan fingerprint density at radius 1 is 1.08 bits per heavy atom. The summed E-state index contributed by atoms with van der Waals surface area (Å²) < 4.78 is 26.2. The first-order chi connectivity index (χ1) is 12.3. The largest absolute Gasteiger partial charge is 0.508 e. The number of allylic oxidation sites excluding steroid dienone is 1. The summed E-state index contributed by atoms with van der Waals surface area (Å²) in [6, 6.07) is 11.7. The van der Waals surface area contributed by atoms with E-state index in [1.807, 2.05) is 0 Å². The Morgan fingerprint density at radius 3 is 2.38 bits per heavy atom. The van der Waals surface area contributed by atoms with Crippen LogP contribution in [0.4, 0.5) is 0 Å². The molecule has 0 aliphatic heterocycles. The number of carbonyl (C=O) groups is 2. The van der Waals surface area contributed by atoms with Gasteiger partial charge in [0.2, 0.25) is 10.0 Å². The number of sulfonamides is 1. The van der Waals surface area contributed by atoms with E-state index in [9.17, 15) is 23.1 Å². The number of hydrogen-bond donors (Lipinski definition) is 3. The fourth-order valence-corrected chi connectivity index (χ4v) is 3.10. The standard InChI is InChI=1S/C18H17NO6S/c20-15-3-1-2-13(12-15)4-9-17(21)14-5-7-16(8-6-14)26(24,25)19-11-10-18(22)23/h1-9,12,19-20H,10-11H2,(H,22,23)/b9-4-. The van der Waals surface area contributed by atoms with E-state index in [4.69, 9.17) is 5.11 Å². The van der Waals surface area contributed by atoms with Gasteiger partial charge in [-0.25, -0.2) is 13.1 Å². The van der Waals surface area contributed by atoms with Crippen LogP contribution in [0.1, 0.15) is 22.3 Å². The van der Waals surface area contributed by atoms with E-state index in [0.29, 0.717) is 11.1 Å². The molecule has 0 aliphatic carbocycles. The summed E-state index contributed by atoms with van der Waals surface area (Å²) >= 11 is 0. The molecule has 0 atom stereocenters. The van der Waals surface area contributed by atoms with E-state index in [1.165, 1.54) is 42.5 Å².